The van der Waals surface area contributed by atoms with Gasteiger partial charge in [-0.1, -0.05) is 6.07 Å². The fourth-order valence-electron chi connectivity index (χ4n) is 1.47. The number of carboxylic acids is 1. The van der Waals surface area contributed by atoms with Crippen molar-refractivity contribution in [1.29, 1.82) is 0 Å². The SMILES string of the molecule is Nc1cc(C(=O)O)nn1Cc1ccc(F)c(Br)c1. The van der Waals surface area contributed by atoms with E-state index < -0.39 is 5.97 Å². The van der Waals surface area contributed by atoms with Crippen LogP contribution in [0.2, 0.25) is 0 Å². The van der Waals surface area contributed by atoms with Gasteiger partial charge in [0.15, 0.2) is 5.69 Å². The Labute approximate surface area is 110 Å². The molecular formula is C11H9BrFN3O2. The molecule has 3 N–H and O–H groups in total. The topological polar surface area (TPSA) is 81.1 Å². The van der Waals surface area contributed by atoms with Crippen molar-refractivity contribution in [3.05, 3.63) is 45.8 Å². The standard InChI is InChI=1S/C11H9BrFN3O2/c12-7-3-6(1-2-8(7)13)5-16-10(14)4-9(15-16)11(17)18/h1-4H,5,14H2,(H,17,18). The lowest BCUT2D eigenvalue weighted by atomic mass is 10.2. The van der Waals surface area contributed by atoms with Crippen molar-refractivity contribution in [3.8, 4) is 0 Å². The summed E-state index contributed by atoms with van der Waals surface area (Å²) in [6.45, 7) is 0.276. The number of hydrogen-bond acceptors (Lipinski definition) is 3. The molecule has 1 aromatic carbocycles. The smallest absolute Gasteiger partial charge is 0.356 e. The molecule has 0 fully saturated rings. The van der Waals surface area contributed by atoms with Gasteiger partial charge in [-0.15, -0.1) is 0 Å². The molecule has 0 aliphatic rings. The third kappa shape index (κ3) is 2.51. The average Bonchev–Trinajstić information content (AvgIpc) is 2.66. The highest BCUT2D eigenvalue weighted by Crippen LogP contribution is 2.18. The number of rotatable bonds is 3. The number of carbonyl (C=O) groups is 1. The molecule has 0 radical (unpaired) electrons. The second kappa shape index (κ2) is 4.77. The molecule has 18 heavy (non-hydrogen) atoms. The Morgan fingerprint density at radius 3 is 2.78 bits per heavy atom. The summed E-state index contributed by atoms with van der Waals surface area (Å²) in [5.41, 5.74) is 6.29. The van der Waals surface area contributed by atoms with Crippen LogP contribution in [0.15, 0.2) is 28.7 Å². The lowest BCUT2D eigenvalue weighted by Crippen LogP contribution is -2.07. The van der Waals surface area contributed by atoms with Crippen LogP contribution in [0.1, 0.15) is 16.1 Å². The highest BCUT2D eigenvalue weighted by atomic mass is 79.9. The summed E-state index contributed by atoms with van der Waals surface area (Å²) >= 11 is 3.08. The zero-order valence-electron chi connectivity index (χ0n) is 9.10. The minimum Gasteiger partial charge on any atom is -0.476 e. The first-order valence-corrected chi connectivity index (χ1v) is 5.77. The summed E-state index contributed by atoms with van der Waals surface area (Å²) in [5.74, 6) is -1.26. The monoisotopic (exact) mass is 313 g/mol. The van der Waals surface area contributed by atoms with Gasteiger partial charge in [0.2, 0.25) is 0 Å². The molecule has 0 saturated heterocycles. The number of nitrogens with zero attached hydrogens (tertiary/aromatic N) is 2. The Kier molecular flexibility index (Phi) is 3.33. The molecule has 94 valence electrons. The number of anilines is 1. The van der Waals surface area contributed by atoms with Gasteiger partial charge in [-0.2, -0.15) is 5.10 Å². The molecule has 0 spiro atoms. The summed E-state index contributed by atoms with van der Waals surface area (Å²) in [5, 5.41) is 12.6. The second-order valence-electron chi connectivity index (χ2n) is 3.67. The van der Waals surface area contributed by atoms with E-state index in [0.717, 1.165) is 5.56 Å². The maximum absolute atomic E-state index is 13.1. The summed E-state index contributed by atoms with van der Waals surface area (Å²) in [4.78, 5) is 10.7. The van der Waals surface area contributed by atoms with Crippen molar-refractivity contribution in [2.75, 3.05) is 5.73 Å². The number of benzene rings is 1. The van der Waals surface area contributed by atoms with Crippen LogP contribution < -0.4 is 5.73 Å². The van der Waals surface area contributed by atoms with Crippen LogP contribution in [-0.2, 0) is 6.54 Å². The van der Waals surface area contributed by atoms with Crippen molar-refractivity contribution in [1.82, 2.24) is 9.78 Å². The van der Waals surface area contributed by atoms with Gasteiger partial charge in [-0.25, -0.2) is 13.9 Å². The van der Waals surface area contributed by atoms with E-state index in [1.165, 1.54) is 16.8 Å². The molecule has 2 aromatic rings. The van der Waals surface area contributed by atoms with Crippen molar-refractivity contribution in [3.63, 3.8) is 0 Å². The predicted molar refractivity (Wildman–Crippen MR) is 66.8 cm³/mol. The first kappa shape index (κ1) is 12.6. The molecule has 2 rings (SSSR count). The Balaban J connectivity index is 2.28. The van der Waals surface area contributed by atoms with Gasteiger partial charge >= 0.3 is 5.97 Å². The van der Waals surface area contributed by atoms with Crippen molar-refractivity contribution >= 4 is 27.7 Å². The molecule has 0 amide bonds. The van der Waals surface area contributed by atoms with Crippen molar-refractivity contribution in [2.45, 2.75) is 6.54 Å². The van der Waals surface area contributed by atoms with E-state index in [1.807, 2.05) is 0 Å². The van der Waals surface area contributed by atoms with Gasteiger partial charge in [0.25, 0.3) is 0 Å². The number of nitrogens with two attached hydrogens (primary N) is 1. The summed E-state index contributed by atoms with van der Waals surface area (Å²) in [6, 6.07) is 5.77. The molecule has 7 heteroatoms. The molecule has 1 heterocycles. The van der Waals surface area contributed by atoms with Gasteiger partial charge in [0.1, 0.15) is 11.6 Å². The predicted octanol–water partition coefficient (Wildman–Crippen LogP) is 2.11. The minimum atomic E-state index is -1.14. The van der Waals surface area contributed by atoms with Crippen LogP contribution in [0.3, 0.4) is 0 Å². The number of hydrogen-bond donors (Lipinski definition) is 2. The molecule has 1 aromatic heterocycles. The third-order valence-corrected chi connectivity index (χ3v) is 2.95. The molecular weight excluding hydrogens is 305 g/mol. The maximum atomic E-state index is 13.1. The zero-order chi connectivity index (χ0) is 13.3. The van der Waals surface area contributed by atoms with E-state index in [4.69, 9.17) is 10.8 Å². The number of halogens is 2. The molecule has 0 aliphatic carbocycles. The second-order valence-corrected chi connectivity index (χ2v) is 4.52. The molecule has 0 saturated carbocycles. The Hall–Kier alpha value is -1.89. The number of nitrogen functional groups attached to an aromatic ring is 1. The minimum absolute atomic E-state index is 0.117. The molecule has 0 bridgehead atoms. The average molecular weight is 314 g/mol. The molecule has 5 nitrogen and oxygen atoms in total. The number of carboxylic acid groups (broad SMARTS) is 1. The van der Waals surface area contributed by atoms with Crippen LogP contribution in [0, 0.1) is 5.82 Å². The van der Waals surface area contributed by atoms with E-state index in [2.05, 4.69) is 21.0 Å². The largest absolute Gasteiger partial charge is 0.476 e. The third-order valence-electron chi connectivity index (χ3n) is 2.35. The highest BCUT2D eigenvalue weighted by Gasteiger charge is 2.11. The van der Waals surface area contributed by atoms with Gasteiger partial charge in [0, 0.05) is 6.07 Å². The van der Waals surface area contributed by atoms with Gasteiger partial charge in [-0.3, -0.25) is 0 Å². The Morgan fingerprint density at radius 2 is 2.22 bits per heavy atom. The zero-order valence-corrected chi connectivity index (χ0v) is 10.7. The van der Waals surface area contributed by atoms with Crippen molar-refractivity contribution < 1.29 is 14.3 Å². The molecule has 0 aliphatic heterocycles. The van der Waals surface area contributed by atoms with E-state index >= 15 is 0 Å². The van der Waals surface area contributed by atoms with Gasteiger partial charge in [0.05, 0.1) is 11.0 Å². The number of aromatic carboxylic acids is 1. The fourth-order valence-corrected chi connectivity index (χ4v) is 1.90. The van der Waals surface area contributed by atoms with E-state index in [0.29, 0.717) is 4.47 Å². The lowest BCUT2D eigenvalue weighted by molar-refractivity contribution is 0.0689. The highest BCUT2D eigenvalue weighted by molar-refractivity contribution is 9.10. The van der Waals surface area contributed by atoms with E-state index in [-0.39, 0.29) is 23.9 Å². The van der Waals surface area contributed by atoms with Gasteiger partial charge < -0.3 is 10.8 Å². The van der Waals surface area contributed by atoms with Crippen LogP contribution in [0.5, 0.6) is 0 Å². The van der Waals surface area contributed by atoms with Gasteiger partial charge in [-0.05, 0) is 33.6 Å². The fraction of sp³-hybridized carbons (Fsp3) is 0.0909. The Morgan fingerprint density at radius 1 is 1.50 bits per heavy atom. The number of aromatic nitrogens is 2. The normalized spacial score (nSPS) is 10.6. The van der Waals surface area contributed by atoms with Crippen LogP contribution in [-0.4, -0.2) is 20.9 Å². The maximum Gasteiger partial charge on any atom is 0.356 e. The first-order valence-electron chi connectivity index (χ1n) is 4.98. The molecule has 0 atom stereocenters. The van der Waals surface area contributed by atoms with Crippen LogP contribution >= 0.6 is 15.9 Å². The Bertz CT molecular complexity index is 612. The summed E-state index contributed by atoms with van der Waals surface area (Å²) in [7, 11) is 0. The summed E-state index contributed by atoms with van der Waals surface area (Å²) in [6.07, 6.45) is 0. The van der Waals surface area contributed by atoms with E-state index in [1.54, 1.807) is 12.1 Å². The summed E-state index contributed by atoms with van der Waals surface area (Å²) < 4.78 is 14.7. The van der Waals surface area contributed by atoms with Crippen LogP contribution in [0.25, 0.3) is 0 Å². The van der Waals surface area contributed by atoms with Crippen molar-refractivity contribution in [2.24, 2.45) is 0 Å². The van der Waals surface area contributed by atoms with Crippen LogP contribution in [0.4, 0.5) is 10.2 Å². The lowest BCUT2D eigenvalue weighted by Gasteiger charge is -2.05. The molecule has 0 unspecified atom stereocenters. The van der Waals surface area contributed by atoms with E-state index in [9.17, 15) is 9.18 Å². The quantitative estimate of drug-likeness (QED) is 0.909. The first-order chi connectivity index (χ1) is 8.47.